The summed E-state index contributed by atoms with van der Waals surface area (Å²) in [4.78, 5) is 4.13. The highest BCUT2D eigenvalue weighted by Crippen LogP contribution is 2.33. The minimum absolute atomic E-state index is 0. The van der Waals surface area contributed by atoms with Gasteiger partial charge in [-0.2, -0.15) is 5.10 Å². The molecular formula is C13H24IN5O. The lowest BCUT2D eigenvalue weighted by Gasteiger charge is -2.20. The van der Waals surface area contributed by atoms with Crippen molar-refractivity contribution in [2.24, 2.45) is 10.9 Å². The summed E-state index contributed by atoms with van der Waals surface area (Å²) in [7, 11) is 3.64. The van der Waals surface area contributed by atoms with E-state index in [-0.39, 0.29) is 30.1 Å². The van der Waals surface area contributed by atoms with Crippen LogP contribution in [0.2, 0.25) is 0 Å². The normalized spacial score (nSPS) is 22.4. The summed E-state index contributed by atoms with van der Waals surface area (Å²) in [6, 6.07) is 2.05. The lowest BCUT2D eigenvalue weighted by Crippen LogP contribution is -2.38. The smallest absolute Gasteiger partial charge is 0.190 e. The van der Waals surface area contributed by atoms with Gasteiger partial charge in [0.1, 0.15) is 6.10 Å². The van der Waals surface area contributed by atoms with Crippen molar-refractivity contribution >= 4 is 29.9 Å². The highest BCUT2D eigenvalue weighted by molar-refractivity contribution is 14.0. The SMILES string of the molecule is CCn1nccc1[C@@H]1OCC[C@H]1CNC(=NC)NC.I. The molecule has 2 rings (SSSR count). The molecule has 0 unspecified atom stereocenters. The van der Waals surface area contributed by atoms with Crippen molar-refractivity contribution in [1.82, 2.24) is 20.4 Å². The van der Waals surface area contributed by atoms with E-state index in [1.165, 1.54) is 5.69 Å². The fraction of sp³-hybridized carbons (Fsp3) is 0.692. The molecule has 0 spiro atoms. The summed E-state index contributed by atoms with van der Waals surface area (Å²) in [6.07, 6.45) is 3.04. The molecule has 20 heavy (non-hydrogen) atoms. The molecule has 7 heteroatoms. The Morgan fingerprint density at radius 1 is 1.60 bits per heavy atom. The highest BCUT2D eigenvalue weighted by Gasteiger charge is 2.31. The van der Waals surface area contributed by atoms with Gasteiger partial charge in [0.2, 0.25) is 0 Å². The van der Waals surface area contributed by atoms with Gasteiger partial charge in [0.15, 0.2) is 5.96 Å². The summed E-state index contributed by atoms with van der Waals surface area (Å²) < 4.78 is 7.90. The quantitative estimate of drug-likeness (QED) is 0.461. The minimum atomic E-state index is 0. The Morgan fingerprint density at radius 3 is 3.05 bits per heavy atom. The van der Waals surface area contributed by atoms with Gasteiger partial charge < -0.3 is 15.4 Å². The molecule has 0 saturated carbocycles. The van der Waals surface area contributed by atoms with Gasteiger partial charge in [-0.1, -0.05) is 0 Å². The number of rotatable bonds is 4. The first-order valence-electron chi connectivity index (χ1n) is 6.81. The van der Waals surface area contributed by atoms with E-state index >= 15 is 0 Å². The average molecular weight is 393 g/mol. The molecule has 1 aromatic rings. The third-order valence-corrected chi connectivity index (χ3v) is 3.55. The maximum Gasteiger partial charge on any atom is 0.190 e. The van der Waals surface area contributed by atoms with E-state index in [0.717, 1.165) is 32.1 Å². The predicted molar refractivity (Wildman–Crippen MR) is 90.5 cm³/mol. The standard InChI is InChI=1S/C13H23N5O.HI/c1-4-18-11(5-7-17-18)12-10(6-8-19-12)9-16-13(14-2)15-3;/h5,7,10,12H,4,6,8-9H2,1-3H3,(H2,14,15,16);1H/t10-,12+;/m0./s1. The van der Waals surface area contributed by atoms with Crippen LogP contribution >= 0.6 is 24.0 Å². The monoisotopic (exact) mass is 393 g/mol. The summed E-state index contributed by atoms with van der Waals surface area (Å²) in [6.45, 7) is 4.64. The van der Waals surface area contributed by atoms with Crippen LogP contribution in [0.5, 0.6) is 0 Å². The zero-order valence-electron chi connectivity index (χ0n) is 12.3. The summed E-state index contributed by atoms with van der Waals surface area (Å²) in [5, 5.41) is 10.7. The fourth-order valence-electron chi connectivity index (χ4n) is 2.53. The second-order valence-corrected chi connectivity index (χ2v) is 4.62. The van der Waals surface area contributed by atoms with Crippen LogP contribution in [0.15, 0.2) is 17.3 Å². The van der Waals surface area contributed by atoms with Crippen LogP contribution in [0.1, 0.15) is 25.1 Å². The minimum Gasteiger partial charge on any atom is -0.372 e. The zero-order chi connectivity index (χ0) is 13.7. The van der Waals surface area contributed by atoms with E-state index in [1.54, 1.807) is 7.05 Å². The molecule has 1 aliphatic heterocycles. The Kier molecular flexibility index (Phi) is 7.28. The van der Waals surface area contributed by atoms with Crippen LogP contribution in [0.4, 0.5) is 0 Å². The van der Waals surface area contributed by atoms with E-state index in [1.807, 2.05) is 17.9 Å². The summed E-state index contributed by atoms with van der Waals surface area (Å²) in [5.74, 6) is 1.27. The number of hydrogen-bond acceptors (Lipinski definition) is 3. The molecular weight excluding hydrogens is 369 g/mol. The molecule has 2 N–H and O–H groups in total. The van der Waals surface area contributed by atoms with Crippen molar-refractivity contribution in [2.45, 2.75) is 26.0 Å². The second-order valence-electron chi connectivity index (χ2n) is 4.62. The molecule has 6 nitrogen and oxygen atoms in total. The largest absolute Gasteiger partial charge is 0.372 e. The molecule has 0 radical (unpaired) electrons. The van der Waals surface area contributed by atoms with E-state index < -0.39 is 0 Å². The molecule has 0 amide bonds. The number of hydrogen-bond donors (Lipinski definition) is 2. The van der Waals surface area contributed by atoms with Crippen LogP contribution in [-0.4, -0.2) is 43.0 Å². The molecule has 2 atom stereocenters. The number of aromatic nitrogens is 2. The average Bonchev–Trinajstić information content (AvgIpc) is 3.07. The summed E-state index contributed by atoms with van der Waals surface area (Å²) in [5.41, 5.74) is 1.17. The van der Waals surface area contributed by atoms with E-state index in [9.17, 15) is 0 Å². The Balaban J connectivity index is 0.00000200. The Labute approximate surface area is 137 Å². The van der Waals surface area contributed by atoms with Crippen LogP contribution in [-0.2, 0) is 11.3 Å². The van der Waals surface area contributed by atoms with Gasteiger partial charge in [-0.05, 0) is 19.4 Å². The van der Waals surface area contributed by atoms with Crippen LogP contribution in [0.25, 0.3) is 0 Å². The van der Waals surface area contributed by atoms with E-state index in [0.29, 0.717) is 5.92 Å². The van der Waals surface area contributed by atoms with Crippen LogP contribution in [0.3, 0.4) is 0 Å². The van der Waals surface area contributed by atoms with Gasteiger partial charge in [0.05, 0.1) is 5.69 Å². The van der Waals surface area contributed by atoms with Crippen molar-refractivity contribution in [3.63, 3.8) is 0 Å². The Morgan fingerprint density at radius 2 is 2.40 bits per heavy atom. The first kappa shape index (κ1) is 17.2. The number of halogens is 1. The Hall–Kier alpha value is -0.830. The van der Waals surface area contributed by atoms with E-state index in [2.05, 4.69) is 33.7 Å². The predicted octanol–water partition coefficient (Wildman–Crippen LogP) is 1.39. The molecule has 0 aliphatic carbocycles. The van der Waals surface area contributed by atoms with Gasteiger partial charge in [0.25, 0.3) is 0 Å². The van der Waals surface area contributed by atoms with Gasteiger partial charge >= 0.3 is 0 Å². The van der Waals surface area contributed by atoms with Crippen molar-refractivity contribution < 1.29 is 4.74 Å². The Bertz CT molecular complexity index is 434. The third kappa shape index (κ3) is 3.85. The molecule has 0 bridgehead atoms. The maximum absolute atomic E-state index is 5.89. The first-order valence-corrected chi connectivity index (χ1v) is 6.81. The van der Waals surface area contributed by atoms with Crippen molar-refractivity contribution in [3.8, 4) is 0 Å². The molecule has 1 aliphatic rings. The number of nitrogens with one attached hydrogen (secondary N) is 2. The van der Waals surface area contributed by atoms with Crippen LogP contribution < -0.4 is 10.6 Å². The lowest BCUT2D eigenvalue weighted by atomic mass is 9.99. The molecule has 2 heterocycles. The lowest BCUT2D eigenvalue weighted by molar-refractivity contribution is 0.0840. The molecule has 114 valence electrons. The number of aryl methyl sites for hydroxylation is 1. The van der Waals surface area contributed by atoms with Crippen molar-refractivity contribution in [3.05, 3.63) is 18.0 Å². The summed E-state index contributed by atoms with van der Waals surface area (Å²) >= 11 is 0. The van der Waals surface area contributed by atoms with Crippen molar-refractivity contribution in [2.75, 3.05) is 27.2 Å². The fourth-order valence-corrected chi connectivity index (χ4v) is 2.53. The highest BCUT2D eigenvalue weighted by atomic mass is 127. The third-order valence-electron chi connectivity index (χ3n) is 3.55. The van der Waals surface area contributed by atoms with Gasteiger partial charge in [0, 0.05) is 45.9 Å². The zero-order valence-corrected chi connectivity index (χ0v) is 14.6. The first-order chi connectivity index (χ1) is 9.30. The van der Waals surface area contributed by atoms with Gasteiger partial charge in [-0.25, -0.2) is 0 Å². The van der Waals surface area contributed by atoms with E-state index in [4.69, 9.17) is 4.74 Å². The van der Waals surface area contributed by atoms with Crippen LogP contribution in [0, 0.1) is 5.92 Å². The number of ether oxygens (including phenoxy) is 1. The molecule has 0 aromatic carbocycles. The van der Waals surface area contributed by atoms with Crippen molar-refractivity contribution in [1.29, 1.82) is 0 Å². The molecule has 1 aromatic heterocycles. The number of guanidine groups is 1. The van der Waals surface area contributed by atoms with Gasteiger partial charge in [-0.15, -0.1) is 24.0 Å². The maximum atomic E-state index is 5.89. The number of aliphatic imine (C=N–C) groups is 1. The van der Waals surface area contributed by atoms with Gasteiger partial charge in [-0.3, -0.25) is 9.67 Å². The molecule has 1 fully saturated rings. The second kappa shape index (κ2) is 8.46. The number of nitrogens with zero attached hydrogens (tertiary/aromatic N) is 3. The topological polar surface area (TPSA) is 63.5 Å². The molecule has 1 saturated heterocycles.